The lowest BCUT2D eigenvalue weighted by molar-refractivity contribution is 0.380. The van der Waals surface area contributed by atoms with Crippen molar-refractivity contribution in [1.29, 1.82) is 0 Å². The standard InChI is InChI=1S/C13H24N4/c1-13(2,3)15-8-12-7-14-10-17(12)11-5-6-16(4)9-11/h7,10-11,15H,5-6,8-9H2,1-4H3. The molecule has 4 nitrogen and oxygen atoms in total. The van der Waals surface area contributed by atoms with Crippen LogP contribution in [0.25, 0.3) is 0 Å². The van der Waals surface area contributed by atoms with Crippen molar-refractivity contribution in [1.82, 2.24) is 19.8 Å². The molecule has 4 heteroatoms. The Balaban J connectivity index is 2.02. The lowest BCUT2D eigenvalue weighted by atomic mass is 10.1. The molecule has 1 atom stereocenters. The van der Waals surface area contributed by atoms with E-state index < -0.39 is 0 Å². The largest absolute Gasteiger partial charge is 0.329 e. The highest BCUT2D eigenvalue weighted by atomic mass is 15.2. The zero-order valence-electron chi connectivity index (χ0n) is 11.4. The van der Waals surface area contributed by atoms with Crippen LogP contribution in [0.2, 0.25) is 0 Å². The number of rotatable bonds is 3. The molecule has 1 aliphatic rings. The number of imidazole rings is 1. The molecule has 2 rings (SSSR count). The number of hydrogen-bond donors (Lipinski definition) is 1. The average molecular weight is 236 g/mol. The van der Waals surface area contributed by atoms with Gasteiger partial charge in [-0.3, -0.25) is 0 Å². The first-order valence-corrected chi connectivity index (χ1v) is 6.40. The molecule has 0 aromatic carbocycles. The van der Waals surface area contributed by atoms with Gasteiger partial charge in [0.2, 0.25) is 0 Å². The molecule has 1 unspecified atom stereocenters. The molecule has 96 valence electrons. The average Bonchev–Trinajstić information content (AvgIpc) is 2.81. The highest BCUT2D eigenvalue weighted by Crippen LogP contribution is 2.21. The minimum Gasteiger partial charge on any atom is -0.329 e. The molecule has 0 radical (unpaired) electrons. The molecule has 1 aromatic heterocycles. The van der Waals surface area contributed by atoms with Gasteiger partial charge in [-0.1, -0.05) is 0 Å². The zero-order chi connectivity index (χ0) is 12.5. The summed E-state index contributed by atoms with van der Waals surface area (Å²) >= 11 is 0. The van der Waals surface area contributed by atoms with Crippen molar-refractivity contribution in [3.05, 3.63) is 18.2 Å². The third kappa shape index (κ3) is 3.30. The van der Waals surface area contributed by atoms with E-state index in [2.05, 4.69) is 47.6 Å². The van der Waals surface area contributed by atoms with Gasteiger partial charge in [0.1, 0.15) is 0 Å². The van der Waals surface area contributed by atoms with Gasteiger partial charge in [0.15, 0.2) is 0 Å². The summed E-state index contributed by atoms with van der Waals surface area (Å²) in [6.45, 7) is 9.79. The topological polar surface area (TPSA) is 33.1 Å². The molecular weight excluding hydrogens is 212 g/mol. The molecule has 0 aliphatic carbocycles. The van der Waals surface area contributed by atoms with Crippen LogP contribution in [0.4, 0.5) is 0 Å². The summed E-state index contributed by atoms with van der Waals surface area (Å²) < 4.78 is 2.34. The van der Waals surface area contributed by atoms with E-state index in [-0.39, 0.29) is 5.54 Å². The molecule has 2 heterocycles. The number of aromatic nitrogens is 2. The fourth-order valence-corrected chi connectivity index (χ4v) is 2.29. The number of likely N-dealkylation sites (tertiary alicyclic amines) is 1. The van der Waals surface area contributed by atoms with Crippen LogP contribution in [-0.4, -0.2) is 40.1 Å². The Bertz CT molecular complexity index is 364. The highest BCUT2D eigenvalue weighted by molar-refractivity contribution is 5.02. The van der Waals surface area contributed by atoms with Crippen molar-refractivity contribution in [2.45, 2.75) is 45.3 Å². The van der Waals surface area contributed by atoms with Gasteiger partial charge < -0.3 is 14.8 Å². The van der Waals surface area contributed by atoms with E-state index in [1.165, 1.54) is 18.7 Å². The van der Waals surface area contributed by atoms with Crippen molar-refractivity contribution < 1.29 is 0 Å². The second-order valence-corrected chi connectivity index (χ2v) is 6.10. The molecule has 0 spiro atoms. The molecule has 1 fully saturated rings. The van der Waals surface area contributed by atoms with Crippen LogP contribution in [0.15, 0.2) is 12.5 Å². The van der Waals surface area contributed by atoms with Gasteiger partial charge in [0.25, 0.3) is 0 Å². The second-order valence-electron chi connectivity index (χ2n) is 6.10. The summed E-state index contributed by atoms with van der Waals surface area (Å²) in [5, 5.41) is 3.52. The maximum Gasteiger partial charge on any atom is 0.0951 e. The molecule has 1 N–H and O–H groups in total. The van der Waals surface area contributed by atoms with Crippen molar-refractivity contribution in [3.63, 3.8) is 0 Å². The molecule has 1 aromatic rings. The summed E-state index contributed by atoms with van der Waals surface area (Å²) in [4.78, 5) is 6.68. The van der Waals surface area contributed by atoms with Crippen molar-refractivity contribution >= 4 is 0 Å². The summed E-state index contributed by atoms with van der Waals surface area (Å²) in [6, 6.07) is 0.597. The lowest BCUT2D eigenvalue weighted by Crippen LogP contribution is -2.36. The van der Waals surface area contributed by atoms with E-state index in [4.69, 9.17) is 0 Å². The Hall–Kier alpha value is -0.870. The zero-order valence-corrected chi connectivity index (χ0v) is 11.4. The predicted octanol–water partition coefficient (Wildman–Crippen LogP) is 1.65. The first-order chi connectivity index (χ1) is 7.96. The second kappa shape index (κ2) is 4.78. The Labute approximate surface area is 104 Å². The van der Waals surface area contributed by atoms with Crippen molar-refractivity contribution in [2.75, 3.05) is 20.1 Å². The quantitative estimate of drug-likeness (QED) is 0.866. The number of likely N-dealkylation sites (N-methyl/N-ethyl adjacent to an activating group) is 1. The van der Waals surface area contributed by atoms with Crippen LogP contribution in [0.5, 0.6) is 0 Å². The minimum absolute atomic E-state index is 0.154. The summed E-state index contributed by atoms with van der Waals surface area (Å²) in [7, 11) is 2.18. The van der Waals surface area contributed by atoms with Gasteiger partial charge >= 0.3 is 0 Å². The lowest BCUT2D eigenvalue weighted by Gasteiger charge is -2.22. The van der Waals surface area contributed by atoms with Crippen molar-refractivity contribution in [2.24, 2.45) is 0 Å². The maximum absolute atomic E-state index is 4.30. The van der Waals surface area contributed by atoms with Gasteiger partial charge in [-0.25, -0.2) is 4.98 Å². The van der Waals surface area contributed by atoms with Crippen LogP contribution in [0.1, 0.15) is 38.9 Å². The molecule has 0 amide bonds. The van der Waals surface area contributed by atoms with E-state index in [1.54, 1.807) is 0 Å². The molecule has 17 heavy (non-hydrogen) atoms. The van der Waals surface area contributed by atoms with Crippen LogP contribution in [0.3, 0.4) is 0 Å². The molecule has 1 aliphatic heterocycles. The first-order valence-electron chi connectivity index (χ1n) is 6.40. The molecule has 0 bridgehead atoms. The fraction of sp³-hybridized carbons (Fsp3) is 0.769. The smallest absolute Gasteiger partial charge is 0.0951 e. The van der Waals surface area contributed by atoms with E-state index in [9.17, 15) is 0 Å². The van der Waals surface area contributed by atoms with E-state index >= 15 is 0 Å². The van der Waals surface area contributed by atoms with E-state index in [0.29, 0.717) is 6.04 Å². The van der Waals surface area contributed by atoms with Crippen LogP contribution < -0.4 is 5.32 Å². The third-order valence-electron chi connectivity index (χ3n) is 3.31. The predicted molar refractivity (Wildman–Crippen MR) is 70.0 cm³/mol. The van der Waals surface area contributed by atoms with Gasteiger partial charge in [-0.15, -0.1) is 0 Å². The van der Waals surface area contributed by atoms with Gasteiger partial charge in [0.05, 0.1) is 12.0 Å². The number of nitrogens with zero attached hydrogens (tertiary/aromatic N) is 3. The Morgan fingerprint density at radius 3 is 2.82 bits per heavy atom. The van der Waals surface area contributed by atoms with E-state index in [1.807, 2.05) is 12.5 Å². The number of hydrogen-bond acceptors (Lipinski definition) is 3. The maximum atomic E-state index is 4.30. The first kappa shape index (κ1) is 12.6. The number of nitrogens with one attached hydrogen (secondary N) is 1. The van der Waals surface area contributed by atoms with Crippen LogP contribution in [0, 0.1) is 0 Å². The fourth-order valence-electron chi connectivity index (χ4n) is 2.29. The summed E-state index contributed by atoms with van der Waals surface area (Å²) in [5.41, 5.74) is 1.45. The highest BCUT2D eigenvalue weighted by Gasteiger charge is 2.22. The van der Waals surface area contributed by atoms with Gasteiger partial charge in [0, 0.05) is 30.9 Å². The third-order valence-corrected chi connectivity index (χ3v) is 3.31. The monoisotopic (exact) mass is 236 g/mol. The van der Waals surface area contributed by atoms with Gasteiger partial charge in [-0.2, -0.15) is 0 Å². The Morgan fingerprint density at radius 1 is 1.47 bits per heavy atom. The summed E-state index contributed by atoms with van der Waals surface area (Å²) in [5.74, 6) is 0. The Morgan fingerprint density at radius 2 is 2.24 bits per heavy atom. The Kier molecular flexibility index (Phi) is 3.54. The SMILES string of the molecule is CN1CCC(n2cncc2CNC(C)(C)C)C1. The minimum atomic E-state index is 0.154. The molecule has 1 saturated heterocycles. The molecule has 0 saturated carbocycles. The van der Waals surface area contributed by atoms with Crippen molar-refractivity contribution in [3.8, 4) is 0 Å². The van der Waals surface area contributed by atoms with E-state index in [0.717, 1.165) is 13.1 Å². The molecular formula is C13H24N4. The normalized spacial score (nSPS) is 22.2. The summed E-state index contributed by atoms with van der Waals surface area (Å²) in [6.07, 6.45) is 5.19. The van der Waals surface area contributed by atoms with Crippen LogP contribution >= 0.6 is 0 Å². The van der Waals surface area contributed by atoms with Gasteiger partial charge in [-0.05, 0) is 40.8 Å². The van der Waals surface area contributed by atoms with Crippen LogP contribution in [-0.2, 0) is 6.54 Å².